The van der Waals surface area contributed by atoms with Crippen molar-refractivity contribution in [2.24, 2.45) is 0 Å². The highest BCUT2D eigenvalue weighted by atomic mass is 16.5. The number of aromatic nitrogens is 2. The number of rotatable bonds is 5. The van der Waals surface area contributed by atoms with Gasteiger partial charge in [0.1, 0.15) is 11.8 Å². The van der Waals surface area contributed by atoms with E-state index < -0.39 is 6.10 Å². The van der Waals surface area contributed by atoms with E-state index in [9.17, 15) is 5.11 Å². The van der Waals surface area contributed by atoms with Crippen molar-refractivity contribution < 1.29 is 9.84 Å². The van der Waals surface area contributed by atoms with Gasteiger partial charge in [-0.15, -0.1) is 0 Å². The van der Waals surface area contributed by atoms with E-state index in [0.29, 0.717) is 11.6 Å². The molecule has 0 saturated carbocycles. The summed E-state index contributed by atoms with van der Waals surface area (Å²) < 4.78 is 5.24. The van der Waals surface area contributed by atoms with Gasteiger partial charge in [0.05, 0.1) is 7.11 Å². The van der Waals surface area contributed by atoms with Crippen molar-refractivity contribution in [1.29, 1.82) is 0 Å². The first-order valence-corrected chi connectivity index (χ1v) is 7.41. The number of nitrogens with zero attached hydrogens (tertiary/aromatic N) is 3. The fourth-order valence-electron chi connectivity index (χ4n) is 2.97. The Balaban J connectivity index is 2.29. The maximum absolute atomic E-state index is 10.9. The van der Waals surface area contributed by atoms with Crippen LogP contribution in [0.1, 0.15) is 51.3 Å². The van der Waals surface area contributed by atoms with Crippen LogP contribution in [0.25, 0.3) is 0 Å². The molecular weight excluding hydrogens is 254 g/mol. The summed E-state index contributed by atoms with van der Waals surface area (Å²) in [7, 11) is 1.56. The SMILES string of the molecule is CCC(C)(C(O)c1nccnc1OC)N1CCCCC1. The minimum Gasteiger partial charge on any atom is -0.480 e. The van der Waals surface area contributed by atoms with Crippen LogP contribution < -0.4 is 4.74 Å². The predicted molar refractivity (Wildman–Crippen MR) is 77.7 cm³/mol. The minimum absolute atomic E-state index is 0.330. The first kappa shape index (κ1) is 15.2. The summed E-state index contributed by atoms with van der Waals surface area (Å²) in [6.45, 7) is 6.28. The van der Waals surface area contributed by atoms with Crippen molar-refractivity contribution in [1.82, 2.24) is 14.9 Å². The third kappa shape index (κ3) is 2.79. The molecule has 1 aliphatic heterocycles. The number of hydrogen-bond acceptors (Lipinski definition) is 5. The monoisotopic (exact) mass is 279 g/mol. The fourth-order valence-corrected chi connectivity index (χ4v) is 2.97. The number of methoxy groups -OCH3 is 1. The minimum atomic E-state index is -0.700. The Hall–Kier alpha value is -1.20. The Bertz CT molecular complexity index is 435. The molecule has 1 fully saturated rings. The second kappa shape index (κ2) is 6.50. The van der Waals surface area contributed by atoms with E-state index in [1.54, 1.807) is 19.5 Å². The highest BCUT2D eigenvalue weighted by Crippen LogP contribution is 2.37. The molecule has 5 nitrogen and oxygen atoms in total. The van der Waals surface area contributed by atoms with Crippen LogP contribution in [0.3, 0.4) is 0 Å². The van der Waals surface area contributed by atoms with Crippen LogP contribution in [0.15, 0.2) is 12.4 Å². The predicted octanol–water partition coefficient (Wildman–Crippen LogP) is 2.17. The van der Waals surface area contributed by atoms with Crippen LogP contribution in [-0.2, 0) is 0 Å². The standard InChI is InChI=1S/C15H25N3O2/c1-4-15(2,18-10-6-5-7-11-18)13(19)12-14(20-3)17-9-8-16-12/h8-9,13,19H,4-7,10-11H2,1-3H3. The molecule has 1 saturated heterocycles. The van der Waals surface area contributed by atoms with Crippen LogP contribution in [0.5, 0.6) is 5.88 Å². The summed E-state index contributed by atoms with van der Waals surface area (Å²) in [6, 6.07) is 0. The lowest BCUT2D eigenvalue weighted by molar-refractivity contribution is -0.0384. The van der Waals surface area contributed by atoms with Crippen molar-refractivity contribution in [2.45, 2.75) is 51.2 Å². The molecule has 2 rings (SSSR count). The van der Waals surface area contributed by atoms with E-state index in [-0.39, 0.29) is 5.54 Å². The number of piperidine rings is 1. The molecule has 1 aromatic heterocycles. The van der Waals surface area contributed by atoms with Crippen LogP contribution in [0.4, 0.5) is 0 Å². The van der Waals surface area contributed by atoms with Crippen LogP contribution >= 0.6 is 0 Å². The Labute approximate surface area is 121 Å². The second-order valence-electron chi connectivity index (χ2n) is 5.61. The normalized spacial score (nSPS) is 21.2. The molecule has 5 heteroatoms. The molecule has 0 aromatic carbocycles. The molecule has 0 spiro atoms. The number of aliphatic hydroxyl groups excluding tert-OH is 1. The average molecular weight is 279 g/mol. The average Bonchev–Trinajstić information content (AvgIpc) is 2.54. The van der Waals surface area contributed by atoms with Crippen molar-refractivity contribution in [3.05, 3.63) is 18.1 Å². The number of ether oxygens (including phenoxy) is 1. The quantitative estimate of drug-likeness (QED) is 0.895. The molecule has 1 aromatic rings. The van der Waals surface area contributed by atoms with E-state index in [1.165, 1.54) is 19.3 Å². The van der Waals surface area contributed by atoms with E-state index in [2.05, 4.69) is 28.7 Å². The zero-order chi connectivity index (χ0) is 14.6. The molecule has 2 atom stereocenters. The summed E-state index contributed by atoms with van der Waals surface area (Å²) in [5.74, 6) is 0.414. The van der Waals surface area contributed by atoms with Gasteiger partial charge in [0.25, 0.3) is 0 Å². The van der Waals surface area contributed by atoms with Crippen molar-refractivity contribution in [3.63, 3.8) is 0 Å². The lowest BCUT2D eigenvalue weighted by atomic mass is 9.85. The van der Waals surface area contributed by atoms with Crippen LogP contribution in [-0.4, -0.2) is 45.7 Å². The van der Waals surface area contributed by atoms with Gasteiger partial charge in [-0.25, -0.2) is 4.98 Å². The first-order valence-electron chi connectivity index (χ1n) is 7.41. The van der Waals surface area contributed by atoms with E-state index in [1.807, 2.05) is 0 Å². The summed E-state index contributed by atoms with van der Waals surface area (Å²) in [5.41, 5.74) is 0.203. The highest BCUT2D eigenvalue weighted by Gasteiger charge is 2.40. The van der Waals surface area contributed by atoms with E-state index >= 15 is 0 Å². The third-order valence-electron chi connectivity index (χ3n) is 4.53. The van der Waals surface area contributed by atoms with Gasteiger partial charge >= 0.3 is 0 Å². The smallest absolute Gasteiger partial charge is 0.238 e. The molecule has 2 unspecified atom stereocenters. The summed E-state index contributed by atoms with van der Waals surface area (Å²) in [5, 5.41) is 10.9. The van der Waals surface area contributed by atoms with Gasteiger partial charge in [-0.05, 0) is 39.3 Å². The van der Waals surface area contributed by atoms with Crippen molar-refractivity contribution in [2.75, 3.05) is 20.2 Å². The maximum atomic E-state index is 10.9. The Morgan fingerprint density at radius 2 is 1.95 bits per heavy atom. The lowest BCUT2D eigenvalue weighted by Gasteiger charge is -2.45. The third-order valence-corrected chi connectivity index (χ3v) is 4.53. The molecule has 0 amide bonds. The topological polar surface area (TPSA) is 58.5 Å². The molecule has 0 radical (unpaired) electrons. The highest BCUT2D eigenvalue weighted by molar-refractivity contribution is 5.23. The van der Waals surface area contributed by atoms with E-state index in [4.69, 9.17) is 4.74 Å². The van der Waals surface area contributed by atoms with Crippen molar-refractivity contribution in [3.8, 4) is 5.88 Å². The molecule has 1 aliphatic rings. The molecule has 20 heavy (non-hydrogen) atoms. The molecule has 1 N–H and O–H groups in total. The van der Waals surface area contributed by atoms with Gasteiger partial charge in [-0.1, -0.05) is 13.3 Å². The van der Waals surface area contributed by atoms with Gasteiger partial charge in [0.15, 0.2) is 0 Å². The number of aliphatic hydroxyl groups is 1. The van der Waals surface area contributed by atoms with E-state index in [0.717, 1.165) is 19.5 Å². The molecule has 2 heterocycles. The fraction of sp³-hybridized carbons (Fsp3) is 0.733. The van der Waals surface area contributed by atoms with Gasteiger partial charge in [-0.2, -0.15) is 0 Å². The largest absolute Gasteiger partial charge is 0.480 e. The Kier molecular flexibility index (Phi) is 4.94. The number of likely N-dealkylation sites (tertiary alicyclic amines) is 1. The zero-order valence-electron chi connectivity index (χ0n) is 12.7. The van der Waals surface area contributed by atoms with Gasteiger partial charge in [-0.3, -0.25) is 9.88 Å². The summed E-state index contributed by atoms with van der Waals surface area (Å²) in [4.78, 5) is 10.8. The number of hydrogen-bond donors (Lipinski definition) is 1. The Morgan fingerprint density at radius 1 is 1.30 bits per heavy atom. The van der Waals surface area contributed by atoms with Gasteiger partial charge < -0.3 is 9.84 Å². The van der Waals surface area contributed by atoms with Crippen LogP contribution in [0.2, 0.25) is 0 Å². The van der Waals surface area contributed by atoms with Gasteiger partial charge in [0.2, 0.25) is 5.88 Å². The molecule has 0 bridgehead atoms. The second-order valence-corrected chi connectivity index (χ2v) is 5.61. The summed E-state index contributed by atoms with van der Waals surface area (Å²) in [6.07, 6.45) is 7.01. The van der Waals surface area contributed by atoms with Crippen molar-refractivity contribution >= 4 is 0 Å². The summed E-state index contributed by atoms with van der Waals surface area (Å²) >= 11 is 0. The van der Waals surface area contributed by atoms with Gasteiger partial charge in [0, 0.05) is 17.9 Å². The maximum Gasteiger partial charge on any atom is 0.238 e. The molecule has 0 aliphatic carbocycles. The first-order chi connectivity index (χ1) is 9.63. The van der Waals surface area contributed by atoms with Crippen LogP contribution in [0, 0.1) is 0 Å². The Morgan fingerprint density at radius 3 is 2.55 bits per heavy atom. The zero-order valence-corrected chi connectivity index (χ0v) is 12.7. The molecular formula is C15H25N3O2. The lowest BCUT2D eigenvalue weighted by Crippen LogP contribution is -2.52. The molecule has 112 valence electrons.